The number of esters is 1. The molecule has 0 aliphatic heterocycles. The third-order valence-electron chi connectivity index (χ3n) is 2.57. The van der Waals surface area contributed by atoms with Gasteiger partial charge in [-0.25, -0.2) is 4.79 Å². The molecule has 0 radical (unpaired) electrons. The quantitative estimate of drug-likeness (QED) is 0.438. The van der Waals surface area contributed by atoms with Gasteiger partial charge in [-0.2, -0.15) is 0 Å². The highest BCUT2D eigenvalue weighted by Crippen LogP contribution is 2.22. The van der Waals surface area contributed by atoms with E-state index in [1.807, 2.05) is 19.1 Å². The van der Waals surface area contributed by atoms with E-state index in [2.05, 4.69) is 19.6 Å². The Morgan fingerprint density at radius 2 is 2.12 bits per heavy atom. The first-order valence-electron chi connectivity index (χ1n) is 6.01. The minimum Gasteiger partial charge on any atom is -0.423 e. The van der Waals surface area contributed by atoms with E-state index < -0.39 is 0 Å². The fraction of sp³-hybridized carbons (Fsp3) is 0.400. The Bertz CT molecular complexity index is 419. The molecule has 0 aromatic heterocycles. The lowest BCUT2D eigenvalue weighted by Gasteiger charge is -2.10. The molecule has 0 aliphatic rings. The van der Waals surface area contributed by atoms with Crippen molar-refractivity contribution >= 4 is 5.97 Å². The van der Waals surface area contributed by atoms with E-state index in [9.17, 15) is 4.79 Å². The van der Waals surface area contributed by atoms with Crippen LogP contribution < -0.4 is 4.74 Å². The van der Waals surface area contributed by atoms with E-state index in [0.717, 1.165) is 24.8 Å². The van der Waals surface area contributed by atoms with Crippen molar-refractivity contribution in [1.29, 1.82) is 0 Å². The Kier molecular flexibility index (Phi) is 4.95. The molecule has 1 aromatic rings. The van der Waals surface area contributed by atoms with Crippen LogP contribution in [0.4, 0.5) is 0 Å². The molecule has 0 amide bonds. The first kappa shape index (κ1) is 13.5. The molecule has 0 fully saturated rings. The number of ether oxygens (including phenoxy) is 1. The monoisotopic (exact) mass is 232 g/mol. The zero-order chi connectivity index (χ0) is 12.8. The Labute approximate surface area is 103 Å². The third kappa shape index (κ3) is 4.06. The van der Waals surface area contributed by atoms with Gasteiger partial charge in [0.25, 0.3) is 0 Å². The summed E-state index contributed by atoms with van der Waals surface area (Å²) in [6.07, 6.45) is 3.17. The average molecular weight is 232 g/mol. The zero-order valence-electron chi connectivity index (χ0n) is 10.9. The molecule has 0 bridgehead atoms. The highest BCUT2D eigenvalue weighted by atomic mass is 16.5. The second-order valence-corrected chi connectivity index (χ2v) is 4.38. The highest BCUT2D eigenvalue weighted by molar-refractivity contribution is 5.88. The van der Waals surface area contributed by atoms with E-state index in [0.29, 0.717) is 11.3 Å². The molecular formula is C15H20O2. The predicted molar refractivity (Wildman–Crippen MR) is 70.2 cm³/mol. The van der Waals surface area contributed by atoms with Crippen molar-refractivity contribution in [2.45, 2.75) is 40.0 Å². The summed E-state index contributed by atoms with van der Waals surface area (Å²) in [7, 11) is 0. The molecule has 0 saturated carbocycles. The molecular weight excluding hydrogens is 212 g/mol. The van der Waals surface area contributed by atoms with Gasteiger partial charge in [0.1, 0.15) is 5.75 Å². The van der Waals surface area contributed by atoms with E-state index in [-0.39, 0.29) is 5.97 Å². The van der Waals surface area contributed by atoms with Crippen LogP contribution in [-0.2, 0) is 11.2 Å². The molecule has 1 aromatic carbocycles. The molecule has 0 N–H and O–H groups in total. The number of rotatable bonds is 5. The second kappa shape index (κ2) is 6.24. The Morgan fingerprint density at radius 3 is 2.71 bits per heavy atom. The van der Waals surface area contributed by atoms with Crippen LogP contribution in [0.25, 0.3) is 0 Å². The molecule has 17 heavy (non-hydrogen) atoms. The van der Waals surface area contributed by atoms with Crippen molar-refractivity contribution in [2.75, 3.05) is 0 Å². The van der Waals surface area contributed by atoms with Gasteiger partial charge in [-0.05, 0) is 38.3 Å². The molecule has 2 nitrogen and oxygen atoms in total. The lowest BCUT2D eigenvalue weighted by molar-refractivity contribution is -0.130. The maximum absolute atomic E-state index is 11.5. The molecule has 2 heteroatoms. The first-order chi connectivity index (χ1) is 8.04. The summed E-state index contributed by atoms with van der Waals surface area (Å²) in [6, 6.07) is 5.90. The van der Waals surface area contributed by atoms with Crippen LogP contribution in [0.5, 0.6) is 5.75 Å². The molecule has 0 saturated heterocycles. The lowest BCUT2D eigenvalue weighted by Crippen LogP contribution is -2.09. The number of aryl methyl sites for hydroxylation is 2. The number of hydrogen-bond acceptors (Lipinski definition) is 2. The van der Waals surface area contributed by atoms with Crippen LogP contribution in [0.3, 0.4) is 0 Å². The normalized spacial score (nSPS) is 10.1. The number of benzene rings is 1. The maximum Gasteiger partial charge on any atom is 0.338 e. The van der Waals surface area contributed by atoms with Gasteiger partial charge in [-0.3, -0.25) is 0 Å². The van der Waals surface area contributed by atoms with E-state index in [1.54, 1.807) is 6.92 Å². The van der Waals surface area contributed by atoms with Crippen LogP contribution in [0.2, 0.25) is 0 Å². The summed E-state index contributed by atoms with van der Waals surface area (Å²) in [4.78, 5) is 11.5. The van der Waals surface area contributed by atoms with Gasteiger partial charge in [0.2, 0.25) is 0 Å². The smallest absolute Gasteiger partial charge is 0.338 e. The number of unbranched alkanes of at least 4 members (excludes halogenated alkanes) is 1. The first-order valence-corrected chi connectivity index (χ1v) is 6.01. The average Bonchev–Trinajstić information content (AvgIpc) is 2.29. The summed E-state index contributed by atoms with van der Waals surface area (Å²) < 4.78 is 5.32. The van der Waals surface area contributed by atoms with Gasteiger partial charge >= 0.3 is 5.97 Å². The molecule has 0 aliphatic carbocycles. The fourth-order valence-corrected chi connectivity index (χ4v) is 1.56. The lowest BCUT2D eigenvalue weighted by atomic mass is 10.0. The van der Waals surface area contributed by atoms with E-state index >= 15 is 0 Å². The maximum atomic E-state index is 11.5. The van der Waals surface area contributed by atoms with Crippen molar-refractivity contribution in [3.05, 3.63) is 41.5 Å². The Balaban J connectivity index is 2.89. The SMILES string of the molecule is C=C(C)C(=O)Oc1ccc(C)cc1CCCC. The number of carbonyl (C=O) groups is 1. The van der Waals surface area contributed by atoms with Gasteiger partial charge in [0.15, 0.2) is 0 Å². The second-order valence-electron chi connectivity index (χ2n) is 4.38. The largest absolute Gasteiger partial charge is 0.423 e. The number of hydrogen-bond donors (Lipinski definition) is 0. The van der Waals surface area contributed by atoms with Crippen LogP contribution in [0, 0.1) is 6.92 Å². The summed E-state index contributed by atoms with van der Waals surface area (Å²) in [5.74, 6) is 0.309. The van der Waals surface area contributed by atoms with E-state index in [4.69, 9.17) is 4.74 Å². The molecule has 1 rings (SSSR count). The van der Waals surface area contributed by atoms with Gasteiger partial charge < -0.3 is 4.74 Å². The summed E-state index contributed by atoms with van der Waals surface area (Å²) in [6.45, 7) is 9.43. The third-order valence-corrected chi connectivity index (χ3v) is 2.57. The minimum absolute atomic E-state index is 0.355. The summed E-state index contributed by atoms with van der Waals surface area (Å²) in [5.41, 5.74) is 2.71. The topological polar surface area (TPSA) is 26.3 Å². The van der Waals surface area contributed by atoms with Gasteiger partial charge in [0, 0.05) is 5.57 Å². The van der Waals surface area contributed by atoms with Crippen molar-refractivity contribution in [3.63, 3.8) is 0 Å². The van der Waals surface area contributed by atoms with Gasteiger partial charge in [-0.15, -0.1) is 0 Å². The van der Waals surface area contributed by atoms with Crippen LogP contribution in [0.15, 0.2) is 30.4 Å². The van der Waals surface area contributed by atoms with Crippen molar-refractivity contribution in [2.24, 2.45) is 0 Å². The fourth-order valence-electron chi connectivity index (χ4n) is 1.56. The van der Waals surface area contributed by atoms with Crippen molar-refractivity contribution in [1.82, 2.24) is 0 Å². The Morgan fingerprint density at radius 1 is 1.41 bits per heavy atom. The minimum atomic E-state index is -0.355. The highest BCUT2D eigenvalue weighted by Gasteiger charge is 2.09. The molecule has 0 heterocycles. The van der Waals surface area contributed by atoms with Crippen LogP contribution in [0.1, 0.15) is 37.8 Å². The molecule has 92 valence electrons. The van der Waals surface area contributed by atoms with Crippen LogP contribution >= 0.6 is 0 Å². The van der Waals surface area contributed by atoms with Crippen molar-refractivity contribution < 1.29 is 9.53 Å². The van der Waals surface area contributed by atoms with Crippen LogP contribution in [-0.4, -0.2) is 5.97 Å². The Hall–Kier alpha value is -1.57. The molecule has 0 spiro atoms. The van der Waals surface area contributed by atoms with Gasteiger partial charge in [-0.1, -0.05) is 37.6 Å². The van der Waals surface area contributed by atoms with Gasteiger partial charge in [0.05, 0.1) is 0 Å². The molecule has 0 unspecified atom stereocenters. The van der Waals surface area contributed by atoms with E-state index in [1.165, 1.54) is 5.56 Å². The summed E-state index contributed by atoms with van der Waals surface area (Å²) in [5, 5.41) is 0. The number of carbonyl (C=O) groups excluding carboxylic acids is 1. The predicted octanol–water partition coefficient (Wildman–Crippen LogP) is 3.82. The van der Waals surface area contributed by atoms with Crippen molar-refractivity contribution in [3.8, 4) is 5.75 Å². The standard InChI is InChI=1S/C15H20O2/c1-5-6-7-13-10-12(4)8-9-14(13)17-15(16)11(2)3/h8-10H,2,5-7H2,1,3-4H3. The zero-order valence-corrected chi connectivity index (χ0v) is 10.9. The summed E-state index contributed by atoms with van der Waals surface area (Å²) >= 11 is 0. The molecule has 0 atom stereocenters.